The summed E-state index contributed by atoms with van der Waals surface area (Å²) in [6.07, 6.45) is 5.69. The van der Waals surface area contributed by atoms with Crippen LogP contribution in [0.5, 0.6) is 0 Å². The molecule has 104 valence electrons. The van der Waals surface area contributed by atoms with Crippen LogP contribution in [0.4, 0.5) is 11.4 Å². The number of nitrogens with zero attached hydrogens (tertiary/aromatic N) is 2. The fourth-order valence-electron chi connectivity index (χ4n) is 3.93. The average Bonchev–Trinajstić information content (AvgIpc) is 2.72. The van der Waals surface area contributed by atoms with Gasteiger partial charge in [0.2, 0.25) is 0 Å². The molecule has 0 saturated carbocycles. The van der Waals surface area contributed by atoms with Crippen molar-refractivity contribution >= 4 is 22.3 Å². The molecular formula is C16H19N3O. The van der Waals surface area contributed by atoms with Gasteiger partial charge in [-0.05, 0) is 49.9 Å². The van der Waals surface area contributed by atoms with Crippen LogP contribution in [0.2, 0.25) is 0 Å². The number of pyridine rings is 1. The molecule has 2 atom stereocenters. The second kappa shape index (κ2) is 4.35. The first kappa shape index (κ1) is 12.0. The quantitative estimate of drug-likeness (QED) is 0.780. The molecule has 0 aliphatic carbocycles. The Hall–Kier alpha value is -1.81. The van der Waals surface area contributed by atoms with Crippen molar-refractivity contribution in [2.45, 2.75) is 43.9 Å². The number of fused-ring (bicyclic) bond motifs is 3. The highest BCUT2D eigenvalue weighted by molar-refractivity contribution is 5.97. The lowest BCUT2D eigenvalue weighted by atomic mass is 9.98. The van der Waals surface area contributed by atoms with Crippen molar-refractivity contribution in [2.75, 3.05) is 10.6 Å². The molecule has 2 aliphatic rings. The zero-order valence-corrected chi connectivity index (χ0v) is 11.4. The Kier molecular flexibility index (Phi) is 2.60. The first-order valence-corrected chi connectivity index (χ1v) is 7.33. The Morgan fingerprint density at radius 1 is 1.15 bits per heavy atom. The molecule has 3 heterocycles. The molecule has 1 aromatic carbocycles. The predicted molar refractivity (Wildman–Crippen MR) is 80.7 cm³/mol. The number of nitrogen functional groups attached to an aromatic ring is 1. The van der Waals surface area contributed by atoms with Crippen molar-refractivity contribution in [3.8, 4) is 0 Å². The minimum Gasteiger partial charge on any atom is -0.396 e. The van der Waals surface area contributed by atoms with E-state index in [-0.39, 0.29) is 6.10 Å². The van der Waals surface area contributed by atoms with E-state index in [1.807, 2.05) is 18.2 Å². The molecule has 2 fully saturated rings. The zero-order valence-electron chi connectivity index (χ0n) is 11.4. The number of benzene rings is 1. The molecule has 4 nitrogen and oxygen atoms in total. The molecule has 2 aromatic rings. The lowest BCUT2D eigenvalue weighted by Crippen LogP contribution is -2.45. The van der Waals surface area contributed by atoms with Gasteiger partial charge in [0.05, 0.1) is 23.0 Å². The number of aliphatic hydroxyl groups excluding tert-OH is 1. The summed E-state index contributed by atoms with van der Waals surface area (Å²) in [5, 5.41) is 11.0. The largest absolute Gasteiger partial charge is 0.396 e. The molecule has 2 aliphatic heterocycles. The molecule has 0 spiro atoms. The average molecular weight is 269 g/mol. The van der Waals surface area contributed by atoms with E-state index in [0.717, 1.165) is 48.0 Å². The third-order valence-corrected chi connectivity index (χ3v) is 4.79. The topological polar surface area (TPSA) is 62.4 Å². The summed E-state index contributed by atoms with van der Waals surface area (Å²) >= 11 is 0. The van der Waals surface area contributed by atoms with Gasteiger partial charge in [0.25, 0.3) is 0 Å². The Morgan fingerprint density at radius 3 is 2.65 bits per heavy atom. The van der Waals surface area contributed by atoms with Gasteiger partial charge < -0.3 is 15.7 Å². The fourth-order valence-corrected chi connectivity index (χ4v) is 3.93. The molecule has 1 aromatic heterocycles. The SMILES string of the molecule is Nc1c(N2C3CCC2CC(O)C3)ccc2ncccc12. The Bertz CT molecular complexity index is 643. The summed E-state index contributed by atoms with van der Waals surface area (Å²) in [5.41, 5.74) is 9.27. The number of rotatable bonds is 1. The maximum atomic E-state index is 9.93. The van der Waals surface area contributed by atoms with Crippen LogP contribution in [0.1, 0.15) is 25.7 Å². The lowest BCUT2D eigenvalue weighted by Gasteiger charge is -2.39. The van der Waals surface area contributed by atoms with Gasteiger partial charge >= 0.3 is 0 Å². The van der Waals surface area contributed by atoms with E-state index in [9.17, 15) is 5.11 Å². The Labute approximate surface area is 118 Å². The van der Waals surface area contributed by atoms with E-state index in [0.29, 0.717) is 12.1 Å². The summed E-state index contributed by atoms with van der Waals surface area (Å²) in [6, 6.07) is 8.96. The first-order valence-electron chi connectivity index (χ1n) is 7.33. The van der Waals surface area contributed by atoms with Gasteiger partial charge in [-0.25, -0.2) is 0 Å². The van der Waals surface area contributed by atoms with E-state index in [2.05, 4.69) is 16.0 Å². The minimum atomic E-state index is -0.146. The van der Waals surface area contributed by atoms with Crippen LogP contribution in [0, 0.1) is 0 Å². The van der Waals surface area contributed by atoms with Gasteiger partial charge in [-0.2, -0.15) is 0 Å². The highest BCUT2D eigenvalue weighted by Gasteiger charge is 2.40. The van der Waals surface area contributed by atoms with Crippen LogP contribution >= 0.6 is 0 Å². The molecule has 20 heavy (non-hydrogen) atoms. The Morgan fingerprint density at radius 2 is 1.90 bits per heavy atom. The van der Waals surface area contributed by atoms with Crippen molar-refractivity contribution in [2.24, 2.45) is 0 Å². The van der Waals surface area contributed by atoms with Gasteiger partial charge in [-0.1, -0.05) is 0 Å². The second-order valence-corrected chi connectivity index (χ2v) is 5.99. The molecule has 2 unspecified atom stereocenters. The molecular weight excluding hydrogens is 250 g/mol. The minimum absolute atomic E-state index is 0.146. The highest BCUT2D eigenvalue weighted by Crippen LogP contribution is 2.42. The van der Waals surface area contributed by atoms with Crippen LogP contribution in [-0.2, 0) is 0 Å². The smallest absolute Gasteiger partial charge is 0.0724 e. The molecule has 0 radical (unpaired) electrons. The number of nitrogens with two attached hydrogens (primary N) is 1. The molecule has 2 saturated heterocycles. The second-order valence-electron chi connectivity index (χ2n) is 5.99. The summed E-state index contributed by atoms with van der Waals surface area (Å²) in [4.78, 5) is 6.79. The summed E-state index contributed by atoms with van der Waals surface area (Å²) in [7, 11) is 0. The first-order chi connectivity index (χ1) is 9.74. The number of hydrogen-bond donors (Lipinski definition) is 2. The van der Waals surface area contributed by atoms with E-state index in [4.69, 9.17) is 5.73 Å². The fraction of sp³-hybridized carbons (Fsp3) is 0.438. The van der Waals surface area contributed by atoms with Crippen molar-refractivity contribution in [1.29, 1.82) is 0 Å². The summed E-state index contributed by atoms with van der Waals surface area (Å²) in [5.74, 6) is 0. The van der Waals surface area contributed by atoms with Crippen molar-refractivity contribution in [1.82, 2.24) is 4.98 Å². The van der Waals surface area contributed by atoms with E-state index < -0.39 is 0 Å². The number of piperidine rings is 1. The van der Waals surface area contributed by atoms with Gasteiger partial charge in [0, 0.05) is 23.7 Å². The van der Waals surface area contributed by atoms with Gasteiger partial charge in [-0.3, -0.25) is 4.98 Å². The van der Waals surface area contributed by atoms with Gasteiger partial charge in [0.1, 0.15) is 0 Å². The standard InChI is InChI=1S/C16H19N3O/c17-16-13-2-1-7-18-14(13)5-6-15(16)19-10-3-4-11(19)9-12(20)8-10/h1-2,5-7,10-12,20H,3-4,8-9,17H2. The lowest BCUT2D eigenvalue weighted by molar-refractivity contribution is 0.126. The highest BCUT2D eigenvalue weighted by atomic mass is 16.3. The van der Waals surface area contributed by atoms with Crippen LogP contribution in [0.3, 0.4) is 0 Å². The van der Waals surface area contributed by atoms with E-state index in [1.165, 1.54) is 0 Å². The third-order valence-electron chi connectivity index (χ3n) is 4.79. The Balaban J connectivity index is 1.81. The molecule has 4 heteroatoms. The number of aromatic nitrogens is 1. The molecule has 4 rings (SSSR count). The van der Waals surface area contributed by atoms with Crippen LogP contribution in [-0.4, -0.2) is 28.3 Å². The predicted octanol–water partition coefficient (Wildman–Crippen LogP) is 2.31. The van der Waals surface area contributed by atoms with E-state index >= 15 is 0 Å². The number of aliphatic hydroxyl groups is 1. The zero-order chi connectivity index (χ0) is 13.7. The maximum Gasteiger partial charge on any atom is 0.0724 e. The molecule has 2 bridgehead atoms. The number of anilines is 2. The van der Waals surface area contributed by atoms with Crippen LogP contribution in [0.15, 0.2) is 30.5 Å². The molecule has 3 N–H and O–H groups in total. The summed E-state index contributed by atoms with van der Waals surface area (Å²) in [6.45, 7) is 0. The van der Waals surface area contributed by atoms with E-state index in [1.54, 1.807) is 6.20 Å². The molecule has 0 amide bonds. The van der Waals surface area contributed by atoms with Gasteiger partial charge in [0.15, 0.2) is 0 Å². The number of hydrogen-bond acceptors (Lipinski definition) is 4. The van der Waals surface area contributed by atoms with Crippen LogP contribution in [0.25, 0.3) is 10.9 Å². The van der Waals surface area contributed by atoms with Crippen molar-refractivity contribution < 1.29 is 5.11 Å². The maximum absolute atomic E-state index is 9.93. The summed E-state index contributed by atoms with van der Waals surface area (Å²) < 4.78 is 0. The third kappa shape index (κ3) is 1.68. The van der Waals surface area contributed by atoms with Gasteiger partial charge in [-0.15, -0.1) is 0 Å². The van der Waals surface area contributed by atoms with Crippen molar-refractivity contribution in [3.63, 3.8) is 0 Å². The normalized spacial score (nSPS) is 29.1. The van der Waals surface area contributed by atoms with Crippen LogP contribution < -0.4 is 10.6 Å². The van der Waals surface area contributed by atoms with Crippen molar-refractivity contribution in [3.05, 3.63) is 30.5 Å². The monoisotopic (exact) mass is 269 g/mol.